The van der Waals surface area contributed by atoms with Gasteiger partial charge in [0.25, 0.3) is 0 Å². The lowest BCUT2D eigenvalue weighted by atomic mass is 10.1. The van der Waals surface area contributed by atoms with Crippen LogP contribution in [0.3, 0.4) is 0 Å². The van der Waals surface area contributed by atoms with Crippen molar-refractivity contribution in [3.05, 3.63) is 35.9 Å². The smallest absolute Gasteiger partial charge is 0.140 e. The molecule has 1 atom stereocenters. The minimum Gasteiger partial charge on any atom is -0.384 e. The van der Waals surface area contributed by atoms with Crippen molar-refractivity contribution in [1.82, 2.24) is 4.98 Å². The Morgan fingerprint density at radius 2 is 2.25 bits per heavy atom. The van der Waals surface area contributed by atoms with Crippen LogP contribution in [0.25, 0.3) is 10.9 Å². The molecule has 0 aliphatic carbocycles. The molecule has 0 radical (unpaired) electrons. The molecule has 20 heavy (non-hydrogen) atoms. The second-order valence-electron chi connectivity index (χ2n) is 5.47. The van der Waals surface area contributed by atoms with Crippen LogP contribution in [0.2, 0.25) is 0 Å². The number of hydrogen-bond acceptors (Lipinski definition) is 3. The molecule has 4 nitrogen and oxygen atoms in total. The lowest BCUT2D eigenvalue weighted by Gasteiger charge is -2.21. The number of nitrogens with zero attached hydrogens (tertiary/aromatic N) is 2. The van der Waals surface area contributed by atoms with Crippen LogP contribution >= 0.6 is 0 Å². The SMILES string of the molecule is CCC1CCN(c2nc3ccccc3cc2C(=N)N)C1. The maximum absolute atomic E-state index is 7.82. The van der Waals surface area contributed by atoms with Gasteiger partial charge in [0.15, 0.2) is 0 Å². The van der Waals surface area contributed by atoms with E-state index in [1.807, 2.05) is 30.3 Å². The number of para-hydroxylation sites is 1. The molecule has 0 amide bonds. The number of hydrogen-bond donors (Lipinski definition) is 2. The number of pyridine rings is 1. The number of nitrogen functional groups attached to an aromatic ring is 1. The Morgan fingerprint density at radius 1 is 1.45 bits per heavy atom. The second kappa shape index (κ2) is 5.12. The first-order valence-corrected chi connectivity index (χ1v) is 7.18. The lowest BCUT2D eigenvalue weighted by molar-refractivity contribution is 0.569. The van der Waals surface area contributed by atoms with E-state index in [0.717, 1.165) is 41.3 Å². The quantitative estimate of drug-likeness (QED) is 0.664. The molecule has 1 aliphatic heterocycles. The van der Waals surface area contributed by atoms with Gasteiger partial charge in [0, 0.05) is 18.5 Å². The number of aromatic nitrogens is 1. The Morgan fingerprint density at radius 3 is 2.95 bits per heavy atom. The van der Waals surface area contributed by atoms with E-state index in [1.165, 1.54) is 12.8 Å². The highest BCUT2D eigenvalue weighted by atomic mass is 15.2. The van der Waals surface area contributed by atoms with Crippen molar-refractivity contribution in [2.24, 2.45) is 11.7 Å². The predicted molar refractivity (Wildman–Crippen MR) is 83.4 cm³/mol. The fourth-order valence-electron chi connectivity index (χ4n) is 2.90. The summed E-state index contributed by atoms with van der Waals surface area (Å²) in [6, 6.07) is 9.98. The molecular weight excluding hydrogens is 248 g/mol. The van der Waals surface area contributed by atoms with E-state index in [4.69, 9.17) is 16.1 Å². The van der Waals surface area contributed by atoms with Gasteiger partial charge in [-0.1, -0.05) is 31.5 Å². The van der Waals surface area contributed by atoms with Gasteiger partial charge in [0.2, 0.25) is 0 Å². The Hall–Kier alpha value is -2.10. The standard InChI is InChI=1S/C16H20N4/c1-2-11-7-8-20(10-11)16-13(15(17)18)9-12-5-3-4-6-14(12)19-16/h3-6,9,11H,2,7-8,10H2,1H3,(H3,17,18). The zero-order chi connectivity index (χ0) is 14.1. The number of rotatable bonds is 3. The third-order valence-corrected chi connectivity index (χ3v) is 4.16. The van der Waals surface area contributed by atoms with E-state index >= 15 is 0 Å². The molecule has 4 heteroatoms. The molecule has 3 rings (SSSR count). The molecular formula is C16H20N4. The van der Waals surface area contributed by atoms with Crippen LogP contribution < -0.4 is 10.6 Å². The molecule has 104 valence electrons. The summed E-state index contributed by atoms with van der Waals surface area (Å²) in [6.07, 6.45) is 2.39. The van der Waals surface area contributed by atoms with Crippen molar-refractivity contribution in [3.63, 3.8) is 0 Å². The first-order valence-electron chi connectivity index (χ1n) is 7.18. The molecule has 2 aromatic rings. The van der Waals surface area contributed by atoms with Crippen LogP contribution in [-0.4, -0.2) is 23.9 Å². The lowest BCUT2D eigenvalue weighted by Crippen LogP contribution is -2.25. The van der Waals surface area contributed by atoms with Crippen molar-refractivity contribution in [1.29, 1.82) is 5.41 Å². The number of nitrogens with one attached hydrogen (secondary N) is 1. The van der Waals surface area contributed by atoms with Crippen LogP contribution in [0, 0.1) is 11.3 Å². The minimum absolute atomic E-state index is 0.0956. The average Bonchev–Trinajstić information content (AvgIpc) is 2.94. The van der Waals surface area contributed by atoms with Gasteiger partial charge in [-0.25, -0.2) is 4.98 Å². The highest BCUT2D eigenvalue weighted by molar-refractivity contribution is 6.03. The number of amidine groups is 1. The van der Waals surface area contributed by atoms with Crippen LogP contribution in [0.5, 0.6) is 0 Å². The number of nitrogens with two attached hydrogens (primary N) is 1. The Balaban J connectivity index is 2.08. The van der Waals surface area contributed by atoms with Crippen molar-refractivity contribution >= 4 is 22.6 Å². The zero-order valence-corrected chi connectivity index (χ0v) is 11.8. The van der Waals surface area contributed by atoms with Gasteiger partial charge in [-0.15, -0.1) is 0 Å². The van der Waals surface area contributed by atoms with E-state index < -0.39 is 0 Å². The normalized spacial score (nSPS) is 18.6. The molecule has 1 aromatic carbocycles. The average molecular weight is 268 g/mol. The largest absolute Gasteiger partial charge is 0.384 e. The second-order valence-corrected chi connectivity index (χ2v) is 5.47. The Bertz CT molecular complexity index is 650. The molecule has 0 spiro atoms. The van der Waals surface area contributed by atoms with Gasteiger partial charge in [0.1, 0.15) is 11.7 Å². The summed E-state index contributed by atoms with van der Waals surface area (Å²) < 4.78 is 0. The van der Waals surface area contributed by atoms with Gasteiger partial charge in [-0.2, -0.15) is 0 Å². The fourth-order valence-corrected chi connectivity index (χ4v) is 2.90. The molecule has 1 aromatic heterocycles. The maximum atomic E-state index is 7.82. The van der Waals surface area contributed by atoms with Crippen LogP contribution in [0.1, 0.15) is 25.3 Å². The van der Waals surface area contributed by atoms with Gasteiger partial charge in [0.05, 0.1) is 11.1 Å². The van der Waals surface area contributed by atoms with E-state index in [2.05, 4.69) is 11.8 Å². The number of fused-ring (bicyclic) bond motifs is 1. The molecule has 0 bridgehead atoms. The summed E-state index contributed by atoms with van der Waals surface area (Å²) in [5.74, 6) is 1.69. The topological polar surface area (TPSA) is 66.0 Å². The third-order valence-electron chi connectivity index (χ3n) is 4.16. The summed E-state index contributed by atoms with van der Waals surface area (Å²) in [6.45, 7) is 4.25. The first kappa shape index (κ1) is 12.9. The summed E-state index contributed by atoms with van der Waals surface area (Å²) in [7, 11) is 0. The summed E-state index contributed by atoms with van der Waals surface area (Å²) >= 11 is 0. The van der Waals surface area contributed by atoms with Crippen LogP contribution in [0.4, 0.5) is 5.82 Å². The van der Waals surface area contributed by atoms with Gasteiger partial charge < -0.3 is 10.6 Å². The molecule has 3 N–H and O–H groups in total. The maximum Gasteiger partial charge on any atom is 0.140 e. The highest BCUT2D eigenvalue weighted by Gasteiger charge is 2.25. The summed E-state index contributed by atoms with van der Waals surface area (Å²) in [4.78, 5) is 7.03. The highest BCUT2D eigenvalue weighted by Crippen LogP contribution is 2.29. The van der Waals surface area contributed by atoms with Gasteiger partial charge >= 0.3 is 0 Å². The zero-order valence-electron chi connectivity index (χ0n) is 11.8. The van der Waals surface area contributed by atoms with Crippen molar-refractivity contribution in [2.45, 2.75) is 19.8 Å². The number of benzene rings is 1. The molecule has 1 fully saturated rings. The van der Waals surface area contributed by atoms with Gasteiger partial charge in [-0.05, 0) is 24.5 Å². The van der Waals surface area contributed by atoms with Crippen molar-refractivity contribution in [2.75, 3.05) is 18.0 Å². The molecule has 0 saturated carbocycles. The van der Waals surface area contributed by atoms with E-state index in [1.54, 1.807) is 0 Å². The molecule has 1 unspecified atom stereocenters. The molecule has 1 saturated heterocycles. The number of anilines is 1. The summed E-state index contributed by atoms with van der Waals surface area (Å²) in [5, 5.41) is 8.86. The minimum atomic E-state index is 0.0956. The van der Waals surface area contributed by atoms with Crippen molar-refractivity contribution < 1.29 is 0 Å². The van der Waals surface area contributed by atoms with Crippen LogP contribution in [0.15, 0.2) is 30.3 Å². The fraction of sp³-hybridized carbons (Fsp3) is 0.375. The molecule has 2 heterocycles. The van der Waals surface area contributed by atoms with Crippen LogP contribution in [-0.2, 0) is 0 Å². The predicted octanol–water partition coefficient (Wildman–Crippen LogP) is 2.76. The van der Waals surface area contributed by atoms with Gasteiger partial charge in [-0.3, -0.25) is 5.41 Å². The van der Waals surface area contributed by atoms with E-state index in [-0.39, 0.29) is 5.84 Å². The Kier molecular flexibility index (Phi) is 3.30. The Labute approximate surface area is 119 Å². The summed E-state index contributed by atoms with van der Waals surface area (Å²) in [5.41, 5.74) is 7.47. The monoisotopic (exact) mass is 268 g/mol. The van der Waals surface area contributed by atoms with Crippen molar-refractivity contribution in [3.8, 4) is 0 Å². The van der Waals surface area contributed by atoms with E-state index in [9.17, 15) is 0 Å². The first-order chi connectivity index (χ1) is 9.69. The molecule has 1 aliphatic rings. The van der Waals surface area contributed by atoms with E-state index in [0.29, 0.717) is 0 Å². The third kappa shape index (κ3) is 2.22.